The lowest BCUT2D eigenvalue weighted by Crippen LogP contribution is -2.32. The van der Waals surface area contributed by atoms with Gasteiger partial charge in [0.2, 0.25) is 0 Å². The minimum Gasteiger partial charge on any atom is -0.475 e. The number of carboxylic acids is 1. The number of rotatable bonds is 6. The summed E-state index contributed by atoms with van der Waals surface area (Å²) in [5.74, 6) is -2.25. The van der Waals surface area contributed by atoms with Gasteiger partial charge in [0, 0.05) is 37.4 Å². The van der Waals surface area contributed by atoms with Gasteiger partial charge in [0.15, 0.2) is 0 Å². The number of aliphatic carboxylic acids is 1. The Kier molecular flexibility index (Phi) is 11.5. The van der Waals surface area contributed by atoms with E-state index in [4.69, 9.17) is 33.1 Å². The number of benzene rings is 2. The van der Waals surface area contributed by atoms with Crippen molar-refractivity contribution >= 4 is 40.8 Å². The van der Waals surface area contributed by atoms with E-state index in [0.29, 0.717) is 21.5 Å². The molecule has 36 heavy (non-hydrogen) atoms. The number of hydrogen-bond donors (Lipinski definition) is 2. The van der Waals surface area contributed by atoms with E-state index in [0.717, 1.165) is 31.9 Å². The average molecular weight is 548 g/mol. The Morgan fingerprint density at radius 3 is 2.25 bits per heavy atom. The highest BCUT2D eigenvalue weighted by Crippen LogP contribution is 2.23. The smallest absolute Gasteiger partial charge is 0.475 e. The Hall–Kier alpha value is -2.33. The summed E-state index contributed by atoms with van der Waals surface area (Å²) in [5, 5.41) is 10.9. The first-order valence-electron chi connectivity index (χ1n) is 11.5. The van der Waals surface area contributed by atoms with Crippen LogP contribution in [0, 0.1) is 5.92 Å². The van der Waals surface area contributed by atoms with Gasteiger partial charge in [-0.15, -0.1) is 0 Å². The number of anilines is 1. The van der Waals surface area contributed by atoms with E-state index < -0.39 is 12.1 Å². The number of carboxylic acid groups (broad SMARTS) is 1. The molecular formula is C25H30Cl2F3N3O3. The van der Waals surface area contributed by atoms with E-state index in [1.54, 1.807) is 18.2 Å². The Bertz CT molecular complexity index is 1040. The van der Waals surface area contributed by atoms with Crippen LogP contribution in [0.3, 0.4) is 0 Å². The van der Waals surface area contributed by atoms with Gasteiger partial charge in [-0.1, -0.05) is 49.2 Å². The predicted molar refractivity (Wildman–Crippen MR) is 136 cm³/mol. The second kappa shape index (κ2) is 13.8. The molecule has 2 N–H and O–H groups in total. The largest absolute Gasteiger partial charge is 0.490 e. The second-order valence-electron chi connectivity index (χ2n) is 8.91. The van der Waals surface area contributed by atoms with Crippen molar-refractivity contribution in [2.24, 2.45) is 5.92 Å². The topological polar surface area (TPSA) is 72.9 Å². The minimum absolute atomic E-state index is 0.195. The molecule has 6 nitrogen and oxygen atoms in total. The van der Waals surface area contributed by atoms with Crippen LogP contribution in [0.5, 0.6) is 0 Å². The highest BCUT2D eigenvalue weighted by molar-refractivity contribution is 6.42. The molecule has 0 spiro atoms. The molecule has 1 saturated heterocycles. The fourth-order valence-corrected chi connectivity index (χ4v) is 4.03. The minimum atomic E-state index is -5.08. The van der Waals surface area contributed by atoms with Crippen LogP contribution in [0.25, 0.3) is 0 Å². The Labute approximate surface area is 219 Å². The number of nitrogens with one attached hydrogen (secondary N) is 1. The molecule has 1 heterocycles. The molecule has 1 amide bonds. The Morgan fingerprint density at radius 1 is 1.00 bits per heavy atom. The molecule has 1 aliphatic heterocycles. The van der Waals surface area contributed by atoms with E-state index in [-0.39, 0.29) is 5.91 Å². The number of halogens is 5. The van der Waals surface area contributed by atoms with Crippen LogP contribution in [0.2, 0.25) is 10.0 Å². The van der Waals surface area contributed by atoms with E-state index in [1.807, 2.05) is 18.2 Å². The third-order valence-electron chi connectivity index (χ3n) is 5.32. The van der Waals surface area contributed by atoms with E-state index in [1.165, 1.54) is 25.1 Å². The van der Waals surface area contributed by atoms with Crippen molar-refractivity contribution in [3.05, 3.63) is 63.6 Å². The van der Waals surface area contributed by atoms with Gasteiger partial charge < -0.3 is 15.3 Å². The molecule has 3 rings (SSSR count). The van der Waals surface area contributed by atoms with Crippen LogP contribution in [-0.4, -0.2) is 65.7 Å². The standard InChI is InChI=1S/C23H29Cl2N3O.C2HF3O2/c1-17(2)15-27-9-4-10-28(12-11-27)16-18-5-3-6-20(13-18)26-23(29)19-7-8-21(24)22(25)14-19;3-2(4,5)1(6)7/h3,5-8,13-14,17H,4,9-12,15-16H2,1-2H3,(H,26,29);(H,6,7). The summed E-state index contributed by atoms with van der Waals surface area (Å²) in [6.07, 6.45) is -3.89. The van der Waals surface area contributed by atoms with Gasteiger partial charge in [-0.25, -0.2) is 4.79 Å². The highest BCUT2D eigenvalue weighted by Gasteiger charge is 2.38. The number of hydrogen-bond acceptors (Lipinski definition) is 4. The van der Waals surface area contributed by atoms with Gasteiger partial charge in [-0.3, -0.25) is 9.69 Å². The normalized spacial score (nSPS) is 15.1. The quantitative estimate of drug-likeness (QED) is 0.461. The van der Waals surface area contributed by atoms with Crippen LogP contribution >= 0.6 is 23.2 Å². The Balaban J connectivity index is 0.000000572. The highest BCUT2D eigenvalue weighted by atomic mass is 35.5. The maximum atomic E-state index is 12.5. The molecule has 198 valence electrons. The first-order chi connectivity index (χ1) is 16.8. The molecule has 0 bridgehead atoms. The summed E-state index contributed by atoms with van der Waals surface area (Å²) in [7, 11) is 0. The van der Waals surface area contributed by atoms with Gasteiger partial charge in [0.05, 0.1) is 10.0 Å². The van der Waals surface area contributed by atoms with E-state index in [2.05, 4.69) is 35.0 Å². The molecule has 0 saturated carbocycles. The molecule has 0 aliphatic carbocycles. The average Bonchev–Trinajstić information content (AvgIpc) is 3.00. The molecule has 11 heteroatoms. The molecule has 0 radical (unpaired) electrons. The van der Waals surface area contributed by atoms with Crippen LogP contribution in [0.1, 0.15) is 36.2 Å². The van der Waals surface area contributed by atoms with Crippen molar-refractivity contribution < 1.29 is 27.9 Å². The predicted octanol–water partition coefficient (Wildman–Crippen LogP) is 6.04. The number of carbonyl (C=O) groups is 2. The number of alkyl halides is 3. The number of carbonyl (C=O) groups excluding carboxylic acids is 1. The van der Waals surface area contributed by atoms with Crippen LogP contribution in [0.4, 0.5) is 18.9 Å². The maximum absolute atomic E-state index is 12.5. The summed E-state index contributed by atoms with van der Waals surface area (Å²) >= 11 is 12.0. The van der Waals surface area contributed by atoms with Crippen molar-refractivity contribution in [2.45, 2.75) is 33.0 Å². The SMILES string of the molecule is CC(C)CN1CCCN(Cc2cccc(NC(=O)c3ccc(Cl)c(Cl)c3)c2)CC1.O=C(O)C(F)(F)F. The number of nitrogens with zero attached hydrogens (tertiary/aromatic N) is 2. The van der Waals surface area contributed by atoms with Gasteiger partial charge in [-0.2, -0.15) is 13.2 Å². The molecule has 2 aromatic carbocycles. The van der Waals surface area contributed by atoms with Gasteiger partial charge in [0.25, 0.3) is 5.91 Å². The van der Waals surface area contributed by atoms with Crippen LogP contribution in [0.15, 0.2) is 42.5 Å². The summed E-state index contributed by atoms with van der Waals surface area (Å²) in [6.45, 7) is 11.1. The molecule has 0 aromatic heterocycles. The lowest BCUT2D eigenvalue weighted by atomic mass is 10.1. The molecule has 1 aliphatic rings. The third kappa shape index (κ3) is 10.3. The van der Waals surface area contributed by atoms with Crippen molar-refractivity contribution in [1.29, 1.82) is 0 Å². The molecule has 2 aromatic rings. The van der Waals surface area contributed by atoms with Crippen LogP contribution in [-0.2, 0) is 11.3 Å². The lowest BCUT2D eigenvalue weighted by Gasteiger charge is -2.23. The van der Waals surface area contributed by atoms with Crippen molar-refractivity contribution in [1.82, 2.24) is 9.80 Å². The van der Waals surface area contributed by atoms with Crippen molar-refractivity contribution in [3.63, 3.8) is 0 Å². The fourth-order valence-electron chi connectivity index (χ4n) is 3.73. The van der Waals surface area contributed by atoms with Crippen molar-refractivity contribution in [2.75, 3.05) is 38.0 Å². The summed E-state index contributed by atoms with van der Waals surface area (Å²) in [4.78, 5) is 26.5. The molecule has 1 fully saturated rings. The summed E-state index contributed by atoms with van der Waals surface area (Å²) < 4.78 is 31.7. The van der Waals surface area contributed by atoms with Gasteiger partial charge >= 0.3 is 12.1 Å². The first kappa shape index (κ1) is 29.9. The zero-order valence-corrected chi connectivity index (χ0v) is 21.6. The Morgan fingerprint density at radius 2 is 1.64 bits per heavy atom. The van der Waals surface area contributed by atoms with E-state index >= 15 is 0 Å². The fraction of sp³-hybridized carbons (Fsp3) is 0.440. The zero-order valence-electron chi connectivity index (χ0n) is 20.1. The molecular weight excluding hydrogens is 518 g/mol. The zero-order chi connectivity index (χ0) is 26.9. The van der Waals surface area contributed by atoms with Crippen LogP contribution < -0.4 is 5.32 Å². The molecule has 0 atom stereocenters. The lowest BCUT2D eigenvalue weighted by molar-refractivity contribution is -0.192. The third-order valence-corrected chi connectivity index (χ3v) is 6.06. The molecule has 0 unspecified atom stereocenters. The van der Waals surface area contributed by atoms with E-state index in [9.17, 15) is 18.0 Å². The van der Waals surface area contributed by atoms with Gasteiger partial charge in [-0.05, 0) is 61.3 Å². The maximum Gasteiger partial charge on any atom is 0.490 e. The summed E-state index contributed by atoms with van der Waals surface area (Å²) in [5.41, 5.74) is 2.48. The first-order valence-corrected chi connectivity index (χ1v) is 12.2. The second-order valence-corrected chi connectivity index (χ2v) is 9.72. The van der Waals surface area contributed by atoms with Crippen molar-refractivity contribution in [3.8, 4) is 0 Å². The summed E-state index contributed by atoms with van der Waals surface area (Å²) in [6, 6.07) is 13.0. The van der Waals surface area contributed by atoms with Gasteiger partial charge in [0.1, 0.15) is 0 Å². The number of amides is 1. The monoisotopic (exact) mass is 547 g/mol.